The monoisotopic (exact) mass is 312 g/mol. The molecule has 120 valence electrons. The van der Waals surface area contributed by atoms with Crippen LogP contribution >= 0.6 is 0 Å². The third-order valence-corrected chi connectivity index (χ3v) is 6.08. The molecular formula is C16H28N2O2S. The van der Waals surface area contributed by atoms with Gasteiger partial charge in [-0.2, -0.15) is 4.31 Å². The molecule has 0 heterocycles. The number of nitrogens with zero attached hydrogens (tertiary/aromatic N) is 1. The number of sulfonamides is 1. The van der Waals surface area contributed by atoms with Crippen molar-refractivity contribution in [2.45, 2.75) is 52.0 Å². The number of nitrogens with two attached hydrogens (primary N) is 1. The molecule has 1 aromatic rings. The van der Waals surface area contributed by atoms with E-state index in [0.717, 1.165) is 24.0 Å². The first kappa shape index (κ1) is 18.1. The average molecular weight is 312 g/mol. The van der Waals surface area contributed by atoms with Gasteiger partial charge in [0.15, 0.2) is 0 Å². The van der Waals surface area contributed by atoms with Crippen molar-refractivity contribution < 1.29 is 8.42 Å². The van der Waals surface area contributed by atoms with Crippen molar-refractivity contribution in [1.29, 1.82) is 0 Å². The van der Waals surface area contributed by atoms with Gasteiger partial charge in [0.1, 0.15) is 0 Å². The summed E-state index contributed by atoms with van der Waals surface area (Å²) in [5.74, 6) is 0.402. The van der Waals surface area contributed by atoms with Gasteiger partial charge in [0.25, 0.3) is 0 Å². The highest BCUT2D eigenvalue weighted by Crippen LogP contribution is 2.21. The van der Waals surface area contributed by atoms with E-state index in [9.17, 15) is 8.42 Å². The predicted molar refractivity (Wildman–Crippen MR) is 87.6 cm³/mol. The molecule has 0 saturated heterocycles. The summed E-state index contributed by atoms with van der Waals surface area (Å²) in [5.41, 5.74) is 7.60. The Balaban J connectivity index is 3.12. The second-order valence-electron chi connectivity index (χ2n) is 5.43. The lowest BCUT2D eigenvalue weighted by Gasteiger charge is -2.25. The highest BCUT2D eigenvalue weighted by Gasteiger charge is 2.25. The molecule has 0 saturated carbocycles. The number of benzene rings is 1. The molecule has 4 nitrogen and oxygen atoms in total. The summed E-state index contributed by atoms with van der Waals surface area (Å²) in [6, 6.07) is 5.22. The predicted octanol–water partition coefficient (Wildman–Crippen LogP) is 2.90. The average Bonchev–Trinajstić information content (AvgIpc) is 2.48. The van der Waals surface area contributed by atoms with Crippen molar-refractivity contribution in [3.05, 3.63) is 29.3 Å². The highest BCUT2D eigenvalue weighted by atomic mass is 32.2. The Kier molecular flexibility index (Phi) is 6.84. The molecule has 2 N–H and O–H groups in total. The van der Waals surface area contributed by atoms with Gasteiger partial charge < -0.3 is 5.73 Å². The molecular weight excluding hydrogens is 284 g/mol. The van der Waals surface area contributed by atoms with Gasteiger partial charge in [0.05, 0.1) is 4.90 Å². The van der Waals surface area contributed by atoms with E-state index in [1.165, 1.54) is 0 Å². The van der Waals surface area contributed by atoms with E-state index in [1.54, 1.807) is 16.4 Å². The molecule has 0 amide bonds. The van der Waals surface area contributed by atoms with Gasteiger partial charge in [0, 0.05) is 19.6 Å². The van der Waals surface area contributed by atoms with E-state index in [4.69, 9.17) is 5.73 Å². The summed E-state index contributed by atoms with van der Waals surface area (Å²) in [6.45, 7) is 9.47. The second-order valence-corrected chi connectivity index (χ2v) is 7.37. The molecule has 0 aliphatic rings. The number of hydrogen-bond acceptors (Lipinski definition) is 3. The van der Waals surface area contributed by atoms with Crippen molar-refractivity contribution in [2.24, 2.45) is 11.7 Å². The van der Waals surface area contributed by atoms with Gasteiger partial charge in [-0.15, -0.1) is 0 Å². The van der Waals surface area contributed by atoms with Crippen LogP contribution in [0.2, 0.25) is 0 Å². The van der Waals surface area contributed by atoms with E-state index in [0.29, 0.717) is 30.4 Å². The lowest BCUT2D eigenvalue weighted by Crippen LogP contribution is -2.35. The second kappa shape index (κ2) is 7.92. The van der Waals surface area contributed by atoms with Crippen molar-refractivity contribution >= 4 is 10.0 Å². The Labute approximate surface area is 129 Å². The fraction of sp³-hybridized carbons (Fsp3) is 0.625. The summed E-state index contributed by atoms with van der Waals surface area (Å²) in [6.07, 6.45) is 1.98. The number of aryl methyl sites for hydroxylation is 1. The Hall–Kier alpha value is -0.910. The maximum absolute atomic E-state index is 12.8. The van der Waals surface area contributed by atoms with Crippen LogP contribution in [0.1, 0.15) is 44.7 Å². The molecule has 0 atom stereocenters. The van der Waals surface area contributed by atoms with Crippen LogP contribution < -0.4 is 5.73 Å². The zero-order chi connectivity index (χ0) is 16.0. The number of hydrogen-bond donors (Lipinski definition) is 1. The van der Waals surface area contributed by atoms with Gasteiger partial charge >= 0.3 is 0 Å². The molecule has 0 bridgehead atoms. The first-order valence-corrected chi connectivity index (χ1v) is 9.14. The lowest BCUT2D eigenvalue weighted by molar-refractivity contribution is 0.339. The van der Waals surface area contributed by atoms with Gasteiger partial charge in [-0.25, -0.2) is 8.42 Å². The fourth-order valence-electron chi connectivity index (χ4n) is 2.41. The topological polar surface area (TPSA) is 63.4 Å². The van der Waals surface area contributed by atoms with Crippen LogP contribution in [0.5, 0.6) is 0 Å². The van der Waals surface area contributed by atoms with E-state index < -0.39 is 10.0 Å². The largest absolute Gasteiger partial charge is 0.326 e. The highest BCUT2D eigenvalue weighted by molar-refractivity contribution is 7.89. The maximum Gasteiger partial charge on any atom is 0.243 e. The van der Waals surface area contributed by atoms with Crippen LogP contribution in [0, 0.1) is 12.8 Å². The Morgan fingerprint density at radius 2 is 1.81 bits per heavy atom. The molecule has 1 rings (SSSR count). The summed E-state index contributed by atoms with van der Waals surface area (Å²) in [7, 11) is -3.44. The van der Waals surface area contributed by atoms with Crippen molar-refractivity contribution in [2.75, 3.05) is 13.1 Å². The van der Waals surface area contributed by atoms with Gasteiger partial charge in [-0.05, 0) is 36.1 Å². The normalized spacial score (nSPS) is 12.3. The zero-order valence-corrected chi connectivity index (χ0v) is 14.4. The molecule has 0 aliphatic heterocycles. The maximum atomic E-state index is 12.8. The molecule has 21 heavy (non-hydrogen) atoms. The molecule has 0 spiro atoms. The van der Waals surface area contributed by atoms with E-state index in [-0.39, 0.29) is 0 Å². The molecule has 0 radical (unpaired) electrons. The quantitative estimate of drug-likeness (QED) is 0.803. The van der Waals surface area contributed by atoms with Crippen LogP contribution in [0.3, 0.4) is 0 Å². The van der Waals surface area contributed by atoms with E-state index >= 15 is 0 Å². The van der Waals surface area contributed by atoms with Crippen molar-refractivity contribution in [3.8, 4) is 0 Å². The SMILES string of the molecule is CCC(CC)CN(CC)S(=O)(=O)c1ccc(C)c(CN)c1. The molecule has 0 aliphatic carbocycles. The minimum absolute atomic E-state index is 0.348. The van der Waals surface area contributed by atoms with Crippen LogP contribution in [0.4, 0.5) is 0 Å². The number of rotatable bonds is 8. The van der Waals surface area contributed by atoms with Crippen molar-refractivity contribution in [1.82, 2.24) is 4.31 Å². The van der Waals surface area contributed by atoms with Crippen LogP contribution in [-0.4, -0.2) is 25.8 Å². The summed E-state index contributed by atoms with van der Waals surface area (Å²) in [4.78, 5) is 0.348. The first-order chi connectivity index (χ1) is 9.90. The standard InChI is InChI=1S/C16H28N2O2S/c1-5-14(6-2)12-18(7-3)21(19,20)16-9-8-13(4)15(10-16)11-17/h8-10,14H,5-7,11-12,17H2,1-4H3. The molecule has 1 aromatic carbocycles. The minimum Gasteiger partial charge on any atom is -0.326 e. The van der Waals surface area contributed by atoms with E-state index in [2.05, 4.69) is 13.8 Å². The summed E-state index contributed by atoms with van der Waals surface area (Å²) < 4.78 is 27.2. The lowest BCUT2D eigenvalue weighted by atomic mass is 10.0. The van der Waals surface area contributed by atoms with Gasteiger partial charge in [-0.3, -0.25) is 0 Å². The third kappa shape index (κ3) is 4.28. The molecule has 0 fully saturated rings. The minimum atomic E-state index is -3.44. The van der Waals surface area contributed by atoms with Crippen LogP contribution in [0.15, 0.2) is 23.1 Å². The van der Waals surface area contributed by atoms with Crippen LogP contribution in [0.25, 0.3) is 0 Å². The summed E-state index contributed by atoms with van der Waals surface area (Å²) in [5, 5.41) is 0. The van der Waals surface area contributed by atoms with Gasteiger partial charge in [-0.1, -0.05) is 39.7 Å². The Bertz CT molecular complexity index is 551. The Morgan fingerprint density at radius 3 is 2.29 bits per heavy atom. The Morgan fingerprint density at radius 1 is 1.19 bits per heavy atom. The van der Waals surface area contributed by atoms with E-state index in [1.807, 2.05) is 19.9 Å². The smallest absolute Gasteiger partial charge is 0.243 e. The fourth-order valence-corrected chi connectivity index (χ4v) is 3.99. The zero-order valence-electron chi connectivity index (χ0n) is 13.6. The van der Waals surface area contributed by atoms with Crippen LogP contribution in [-0.2, 0) is 16.6 Å². The molecule has 0 unspecified atom stereocenters. The molecule has 5 heteroatoms. The first-order valence-electron chi connectivity index (χ1n) is 7.70. The van der Waals surface area contributed by atoms with Gasteiger partial charge in [0.2, 0.25) is 10.0 Å². The summed E-state index contributed by atoms with van der Waals surface area (Å²) >= 11 is 0. The van der Waals surface area contributed by atoms with Crippen molar-refractivity contribution in [3.63, 3.8) is 0 Å². The third-order valence-electron chi connectivity index (χ3n) is 4.15. The molecule has 0 aromatic heterocycles.